The van der Waals surface area contributed by atoms with Crippen LogP contribution in [0.5, 0.6) is 0 Å². The van der Waals surface area contributed by atoms with Gasteiger partial charge < -0.3 is 10.7 Å². The molecule has 3 heteroatoms. The van der Waals surface area contributed by atoms with Crippen molar-refractivity contribution in [3.05, 3.63) is 24.0 Å². The molecule has 0 aromatic carbocycles. The maximum absolute atomic E-state index is 5.91. The van der Waals surface area contributed by atoms with Gasteiger partial charge in [0, 0.05) is 31.0 Å². The van der Waals surface area contributed by atoms with Gasteiger partial charge >= 0.3 is 0 Å². The summed E-state index contributed by atoms with van der Waals surface area (Å²) >= 11 is 0. The topological polar surface area (TPSA) is 45.0 Å². The molecule has 1 aromatic rings. The van der Waals surface area contributed by atoms with E-state index in [0.29, 0.717) is 6.04 Å². The van der Waals surface area contributed by atoms with E-state index in [1.165, 1.54) is 31.2 Å². The summed E-state index contributed by atoms with van der Waals surface area (Å²) in [6.07, 6.45) is 8.93. The van der Waals surface area contributed by atoms with Gasteiger partial charge in [-0.05, 0) is 44.4 Å². The zero-order valence-electron chi connectivity index (χ0n) is 9.45. The Morgan fingerprint density at radius 2 is 2.13 bits per heavy atom. The van der Waals surface area contributed by atoms with Gasteiger partial charge in [0.15, 0.2) is 0 Å². The van der Waals surface area contributed by atoms with Crippen molar-refractivity contribution in [2.45, 2.75) is 44.3 Å². The average Bonchev–Trinajstić information content (AvgIpc) is 2.71. The van der Waals surface area contributed by atoms with Gasteiger partial charge in [-0.15, -0.1) is 0 Å². The summed E-state index contributed by atoms with van der Waals surface area (Å²) in [4.78, 5) is 5.55. The zero-order valence-corrected chi connectivity index (χ0v) is 9.45. The SMILES string of the molecule is CN(Cc1cc[nH]c1)C1CCC(N)CC1. The molecule has 0 atom stereocenters. The molecule has 3 nitrogen and oxygen atoms in total. The van der Waals surface area contributed by atoms with Crippen LogP contribution in [0.1, 0.15) is 31.2 Å². The molecule has 0 saturated heterocycles. The quantitative estimate of drug-likeness (QED) is 0.792. The summed E-state index contributed by atoms with van der Waals surface area (Å²) in [6, 6.07) is 3.31. The van der Waals surface area contributed by atoms with Crippen LogP contribution in [0.3, 0.4) is 0 Å². The fraction of sp³-hybridized carbons (Fsp3) is 0.667. The van der Waals surface area contributed by atoms with E-state index in [1.807, 2.05) is 6.20 Å². The highest BCUT2D eigenvalue weighted by molar-refractivity contribution is 5.08. The normalized spacial score (nSPS) is 27.1. The van der Waals surface area contributed by atoms with Crippen molar-refractivity contribution in [2.75, 3.05) is 7.05 Å². The molecule has 3 N–H and O–H groups in total. The maximum Gasteiger partial charge on any atom is 0.0248 e. The molecule has 84 valence electrons. The molecule has 1 aliphatic carbocycles. The predicted octanol–water partition coefficient (Wildman–Crippen LogP) is 1.72. The Labute approximate surface area is 91.7 Å². The Balaban J connectivity index is 1.83. The van der Waals surface area contributed by atoms with Crippen LogP contribution in [0.4, 0.5) is 0 Å². The van der Waals surface area contributed by atoms with Gasteiger partial charge in [-0.1, -0.05) is 0 Å². The van der Waals surface area contributed by atoms with Crippen LogP contribution in [0.15, 0.2) is 18.5 Å². The van der Waals surface area contributed by atoms with E-state index < -0.39 is 0 Å². The lowest BCUT2D eigenvalue weighted by atomic mass is 9.91. The minimum absolute atomic E-state index is 0.446. The number of hydrogen-bond donors (Lipinski definition) is 2. The van der Waals surface area contributed by atoms with Crippen molar-refractivity contribution in [2.24, 2.45) is 5.73 Å². The smallest absolute Gasteiger partial charge is 0.0248 e. The molecule has 0 bridgehead atoms. The number of aromatic amines is 1. The first kappa shape index (κ1) is 10.7. The largest absolute Gasteiger partial charge is 0.367 e. The van der Waals surface area contributed by atoms with Gasteiger partial charge in [0.1, 0.15) is 0 Å². The highest BCUT2D eigenvalue weighted by atomic mass is 15.1. The number of aromatic nitrogens is 1. The Morgan fingerprint density at radius 3 is 2.73 bits per heavy atom. The van der Waals surface area contributed by atoms with Crippen molar-refractivity contribution >= 4 is 0 Å². The summed E-state index contributed by atoms with van der Waals surface area (Å²) in [6.45, 7) is 1.05. The van der Waals surface area contributed by atoms with Crippen molar-refractivity contribution in [1.82, 2.24) is 9.88 Å². The Bertz CT molecular complexity index is 273. The molecule has 1 aliphatic rings. The second-order valence-corrected chi connectivity index (χ2v) is 4.70. The Morgan fingerprint density at radius 1 is 1.40 bits per heavy atom. The van der Waals surface area contributed by atoms with Gasteiger partial charge in [-0.3, -0.25) is 4.90 Å². The van der Waals surface area contributed by atoms with Crippen LogP contribution in [0.25, 0.3) is 0 Å². The molecule has 0 spiro atoms. The number of hydrogen-bond acceptors (Lipinski definition) is 2. The summed E-state index contributed by atoms with van der Waals surface area (Å²) < 4.78 is 0. The van der Waals surface area contributed by atoms with E-state index >= 15 is 0 Å². The lowest BCUT2D eigenvalue weighted by Gasteiger charge is -2.33. The van der Waals surface area contributed by atoms with Crippen molar-refractivity contribution in [1.29, 1.82) is 0 Å². The molecule has 1 fully saturated rings. The second-order valence-electron chi connectivity index (χ2n) is 4.70. The van der Waals surface area contributed by atoms with Gasteiger partial charge in [-0.25, -0.2) is 0 Å². The average molecular weight is 207 g/mol. The third-order valence-electron chi connectivity index (χ3n) is 3.46. The van der Waals surface area contributed by atoms with E-state index in [-0.39, 0.29) is 0 Å². The first-order valence-corrected chi connectivity index (χ1v) is 5.83. The molecule has 0 radical (unpaired) electrons. The zero-order chi connectivity index (χ0) is 10.7. The van der Waals surface area contributed by atoms with E-state index in [9.17, 15) is 0 Å². The van der Waals surface area contributed by atoms with Crippen molar-refractivity contribution in [3.8, 4) is 0 Å². The molecular formula is C12H21N3. The first-order chi connectivity index (χ1) is 7.25. The molecule has 15 heavy (non-hydrogen) atoms. The van der Waals surface area contributed by atoms with Gasteiger partial charge in [0.25, 0.3) is 0 Å². The number of H-pyrrole nitrogens is 1. The maximum atomic E-state index is 5.91. The molecule has 0 unspecified atom stereocenters. The highest BCUT2D eigenvalue weighted by Crippen LogP contribution is 2.22. The monoisotopic (exact) mass is 207 g/mol. The molecule has 0 aliphatic heterocycles. The Kier molecular flexibility index (Phi) is 3.44. The van der Waals surface area contributed by atoms with Crippen molar-refractivity contribution in [3.63, 3.8) is 0 Å². The summed E-state index contributed by atoms with van der Waals surface area (Å²) in [5.41, 5.74) is 7.28. The standard InChI is InChI=1S/C12H21N3/c1-15(9-10-6-7-14-8-10)12-4-2-11(13)3-5-12/h6-8,11-12,14H,2-5,9,13H2,1H3. The first-order valence-electron chi connectivity index (χ1n) is 5.83. The van der Waals surface area contributed by atoms with Gasteiger partial charge in [-0.2, -0.15) is 0 Å². The van der Waals surface area contributed by atoms with E-state index in [1.54, 1.807) is 0 Å². The van der Waals surface area contributed by atoms with Crippen LogP contribution in [-0.2, 0) is 6.54 Å². The molecular weight excluding hydrogens is 186 g/mol. The lowest BCUT2D eigenvalue weighted by Crippen LogP contribution is -2.38. The number of rotatable bonds is 3. The number of nitrogens with one attached hydrogen (secondary N) is 1. The molecule has 1 saturated carbocycles. The van der Waals surface area contributed by atoms with Crippen LogP contribution in [0.2, 0.25) is 0 Å². The fourth-order valence-corrected chi connectivity index (χ4v) is 2.42. The Hall–Kier alpha value is -0.800. The van der Waals surface area contributed by atoms with Crippen molar-refractivity contribution < 1.29 is 0 Å². The van der Waals surface area contributed by atoms with Gasteiger partial charge in [0.2, 0.25) is 0 Å². The second kappa shape index (κ2) is 4.81. The van der Waals surface area contributed by atoms with Crippen LogP contribution < -0.4 is 5.73 Å². The minimum atomic E-state index is 0.446. The minimum Gasteiger partial charge on any atom is -0.367 e. The summed E-state index contributed by atoms with van der Waals surface area (Å²) in [7, 11) is 2.22. The van der Waals surface area contributed by atoms with E-state index in [2.05, 4.69) is 29.2 Å². The summed E-state index contributed by atoms with van der Waals surface area (Å²) in [5, 5.41) is 0. The highest BCUT2D eigenvalue weighted by Gasteiger charge is 2.21. The lowest BCUT2D eigenvalue weighted by molar-refractivity contribution is 0.176. The molecule has 1 aromatic heterocycles. The third kappa shape index (κ3) is 2.83. The van der Waals surface area contributed by atoms with Crippen LogP contribution in [-0.4, -0.2) is 29.0 Å². The van der Waals surface area contributed by atoms with Gasteiger partial charge in [0.05, 0.1) is 0 Å². The molecule has 1 heterocycles. The third-order valence-corrected chi connectivity index (χ3v) is 3.46. The molecule has 2 rings (SSSR count). The summed E-state index contributed by atoms with van der Waals surface area (Å²) in [5.74, 6) is 0. The fourth-order valence-electron chi connectivity index (χ4n) is 2.42. The van der Waals surface area contributed by atoms with E-state index in [0.717, 1.165) is 12.6 Å². The van der Waals surface area contributed by atoms with Crippen LogP contribution >= 0.6 is 0 Å². The number of nitrogens with two attached hydrogens (primary N) is 1. The molecule has 0 amide bonds. The number of nitrogens with zero attached hydrogens (tertiary/aromatic N) is 1. The van der Waals surface area contributed by atoms with E-state index in [4.69, 9.17) is 5.73 Å². The van der Waals surface area contributed by atoms with Crippen LogP contribution in [0, 0.1) is 0 Å². The predicted molar refractivity (Wildman–Crippen MR) is 62.5 cm³/mol.